The molecule has 1 heterocycles. The smallest absolute Gasteiger partial charge is 0.267 e. The molecule has 1 amide bonds. The molecule has 1 aliphatic heterocycles. The monoisotopic (exact) mass is 405 g/mol. The third-order valence-electron chi connectivity index (χ3n) is 3.23. The van der Waals surface area contributed by atoms with E-state index in [-0.39, 0.29) is 5.91 Å². The van der Waals surface area contributed by atoms with Gasteiger partial charge in [-0.15, -0.1) is 0 Å². The summed E-state index contributed by atoms with van der Waals surface area (Å²) in [6.45, 7) is 4.20. The van der Waals surface area contributed by atoms with E-state index in [0.717, 1.165) is 21.4 Å². The van der Waals surface area contributed by atoms with Crippen LogP contribution >= 0.6 is 22.6 Å². The van der Waals surface area contributed by atoms with Crippen molar-refractivity contribution in [1.29, 1.82) is 0 Å². The van der Waals surface area contributed by atoms with Gasteiger partial charge in [-0.25, -0.2) is 0 Å². The fourth-order valence-electron chi connectivity index (χ4n) is 2.18. The largest absolute Gasteiger partial charge is 0.479 e. The maximum atomic E-state index is 12.3. The van der Waals surface area contributed by atoms with E-state index >= 15 is 0 Å². The molecule has 0 spiro atoms. The minimum atomic E-state index is -0.440. The molecule has 2 rings (SSSR count). The van der Waals surface area contributed by atoms with Crippen LogP contribution in [0.2, 0.25) is 0 Å². The quantitative estimate of drug-likeness (QED) is 0.517. The van der Waals surface area contributed by atoms with Gasteiger partial charge in [-0.3, -0.25) is 4.79 Å². The van der Waals surface area contributed by atoms with Crippen LogP contribution in [0.25, 0.3) is 0 Å². The second-order valence-electron chi connectivity index (χ2n) is 4.82. The number of anilines is 1. The summed E-state index contributed by atoms with van der Waals surface area (Å²) in [4.78, 5) is 14.1. The average Bonchev–Trinajstić information content (AvgIpc) is 2.46. The highest BCUT2D eigenvalue weighted by Crippen LogP contribution is 2.35. The highest BCUT2D eigenvalue weighted by molar-refractivity contribution is 14.1. The standard InChI is InChI=1S/C15H20INO4/c1-11-15(18)17(6-3-7-20-9-8-19-2)13-5-4-12(16)10-14(13)21-11/h4-5,10-11H,3,6-9H2,1-2H3. The van der Waals surface area contributed by atoms with Crippen LogP contribution in [0.4, 0.5) is 5.69 Å². The average molecular weight is 405 g/mol. The van der Waals surface area contributed by atoms with E-state index in [4.69, 9.17) is 14.2 Å². The number of hydrogen-bond donors (Lipinski definition) is 0. The number of methoxy groups -OCH3 is 1. The minimum Gasteiger partial charge on any atom is -0.479 e. The lowest BCUT2D eigenvalue weighted by Gasteiger charge is -2.33. The van der Waals surface area contributed by atoms with Gasteiger partial charge in [0.15, 0.2) is 6.10 Å². The van der Waals surface area contributed by atoms with E-state index in [1.807, 2.05) is 18.2 Å². The van der Waals surface area contributed by atoms with Gasteiger partial charge < -0.3 is 19.1 Å². The Bertz CT molecular complexity index is 495. The number of rotatable bonds is 7. The number of carbonyl (C=O) groups is 1. The molecule has 0 aromatic heterocycles. The molecule has 116 valence electrons. The van der Waals surface area contributed by atoms with Gasteiger partial charge in [0.25, 0.3) is 5.91 Å². The van der Waals surface area contributed by atoms with Crippen molar-refractivity contribution in [3.63, 3.8) is 0 Å². The van der Waals surface area contributed by atoms with Crippen LogP contribution in [-0.2, 0) is 14.3 Å². The Morgan fingerprint density at radius 3 is 2.90 bits per heavy atom. The molecule has 1 atom stereocenters. The van der Waals surface area contributed by atoms with Gasteiger partial charge >= 0.3 is 0 Å². The summed E-state index contributed by atoms with van der Waals surface area (Å²) >= 11 is 2.24. The van der Waals surface area contributed by atoms with Crippen molar-refractivity contribution in [3.8, 4) is 5.75 Å². The van der Waals surface area contributed by atoms with Crippen molar-refractivity contribution in [2.75, 3.05) is 38.4 Å². The summed E-state index contributed by atoms with van der Waals surface area (Å²) in [6, 6.07) is 5.88. The third kappa shape index (κ3) is 4.31. The zero-order chi connectivity index (χ0) is 15.2. The van der Waals surface area contributed by atoms with Crippen molar-refractivity contribution in [2.24, 2.45) is 0 Å². The van der Waals surface area contributed by atoms with E-state index < -0.39 is 6.10 Å². The van der Waals surface area contributed by atoms with Crippen LogP contribution in [0, 0.1) is 3.57 Å². The molecular formula is C15H20INO4. The molecule has 5 nitrogen and oxygen atoms in total. The lowest BCUT2D eigenvalue weighted by atomic mass is 10.2. The highest BCUT2D eigenvalue weighted by atomic mass is 127. The Hall–Kier alpha value is -0.860. The summed E-state index contributed by atoms with van der Waals surface area (Å²) in [5.74, 6) is 0.773. The molecule has 0 radical (unpaired) electrons. The summed E-state index contributed by atoms with van der Waals surface area (Å²) < 4.78 is 17.1. The molecule has 0 saturated heterocycles. The van der Waals surface area contributed by atoms with Gasteiger partial charge in [0, 0.05) is 23.8 Å². The molecule has 21 heavy (non-hydrogen) atoms. The minimum absolute atomic E-state index is 0.000555. The van der Waals surface area contributed by atoms with Crippen LogP contribution in [-0.4, -0.2) is 45.5 Å². The Kier molecular flexibility index (Phi) is 6.25. The Morgan fingerprint density at radius 1 is 1.33 bits per heavy atom. The Morgan fingerprint density at radius 2 is 2.14 bits per heavy atom. The molecular weight excluding hydrogens is 385 g/mol. The molecule has 6 heteroatoms. The fourth-order valence-corrected chi connectivity index (χ4v) is 2.65. The molecule has 0 aliphatic carbocycles. The first kappa shape index (κ1) is 16.5. The molecule has 0 N–H and O–H groups in total. The van der Waals surface area contributed by atoms with Crippen molar-refractivity contribution in [1.82, 2.24) is 0 Å². The Labute approximate surface area is 138 Å². The van der Waals surface area contributed by atoms with Gasteiger partial charge in [0.05, 0.1) is 18.9 Å². The van der Waals surface area contributed by atoms with Crippen molar-refractivity contribution >= 4 is 34.2 Å². The van der Waals surface area contributed by atoms with E-state index in [1.54, 1.807) is 18.9 Å². The maximum absolute atomic E-state index is 12.3. The molecule has 0 fully saturated rings. The fraction of sp³-hybridized carbons (Fsp3) is 0.533. The molecule has 1 aromatic carbocycles. The highest BCUT2D eigenvalue weighted by Gasteiger charge is 2.31. The van der Waals surface area contributed by atoms with Crippen molar-refractivity contribution in [2.45, 2.75) is 19.4 Å². The number of nitrogens with zero attached hydrogens (tertiary/aromatic N) is 1. The van der Waals surface area contributed by atoms with E-state index in [1.165, 1.54) is 0 Å². The number of carbonyl (C=O) groups excluding carboxylic acids is 1. The van der Waals surface area contributed by atoms with Gasteiger partial charge in [0.1, 0.15) is 5.75 Å². The summed E-state index contributed by atoms with van der Waals surface area (Å²) in [5.41, 5.74) is 0.843. The summed E-state index contributed by atoms with van der Waals surface area (Å²) in [6.07, 6.45) is 0.346. The van der Waals surface area contributed by atoms with Crippen molar-refractivity contribution in [3.05, 3.63) is 21.8 Å². The van der Waals surface area contributed by atoms with Crippen LogP contribution in [0.5, 0.6) is 5.75 Å². The number of amides is 1. The normalized spacial score (nSPS) is 17.6. The molecule has 1 aromatic rings. The predicted molar refractivity (Wildman–Crippen MR) is 88.9 cm³/mol. The number of fused-ring (bicyclic) bond motifs is 1. The van der Waals surface area contributed by atoms with Crippen LogP contribution < -0.4 is 9.64 Å². The third-order valence-corrected chi connectivity index (χ3v) is 3.90. The van der Waals surface area contributed by atoms with Gasteiger partial charge in [-0.1, -0.05) is 0 Å². The van der Waals surface area contributed by atoms with Gasteiger partial charge in [-0.2, -0.15) is 0 Å². The maximum Gasteiger partial charge on any atom is 0.267 e. The van der Waals surface area contributed by atoms with Crippen molar-refractivity contribution < 1.29 is 19.0 Å². The topological polar surface area (TPSA) is 48.0 Å². The number of hydrogen-bond acceptors (Lipinski definition) is 4. The molecule has 1 unspecified atom stereocenters. The van der Waals surface area contributed by atoms with E-state index in [0.29, 0.717) is 26.4 Å². The van der Waals surface area contributed by atoms with Gasteiger partial charge in [-0.05, 0) is 54.1 Å². The SMILES string of the molecule is COCCOCCCN1C(=O)C(C)Oc2cc(I)ccc21. The second kappa shape index (κ2) is 7.95. The number of benzene rings is 1. The van der Waals surface area contributed by atoms with E-state index in [2.05, 4.69) is 22.6 Å². The molecule has 0 bridgehead atoms. The first-order valence-corrected chi connectivity index (χ1v) is 8.05. The first-order chi connectivity index (χ1) is 10.1. The zero-order valence-electron chi connectivity index (χ0n) is 12.3. The van der Waals surface area contributed by atoms with Crippen LogP contribution in [0.15, 0.2) is 18.2 Å². The van der Waals surface area contributed by atoms with Gasteiger partial charge in [0.2, 0.25) is 0 Å². The van der Waals surface area contributed by atoms with Crippen LogP contribution in [0.1, 0.15) is 13.3 Å². The zero-order valence-corrected chi connectivity index (χ0v) is 14.5. The predicted octanol–water partition coefficient (Wildman–Crippen LogP) is 2.46. The van der Waals surface area contributed by atoms with E-state index in [9.17, 15) is 4.79 Å². The summed E-state index contributed by atoms with van der Waals surface area (Å²) in [5, 5.41) is 0. The summed E-state index contributed by atoms with van der Waals surface area (Å²) in [7, 11) is 1.65. The lowest BCUT2D eigenvalue weighted by Crippen LogP contribution is -2.45. The molecule has 1 aliphatic rings. The number of halogens is 1. The van der Waals surface area contributed by atoms with Crippen LogP contribution in [0.3, 0.4) is 0 Å². The molecule has 0 saturated carbocycles. The number of ether oxygens (including phenoxy) is 3. The Balaban J connectivity index is 1.96. The second-order valence-corrected chi connectivity index (χ2v) is 6.07. The lowest BCUT2D eigenvalue weighted by molar-refractivity contribution is -0.125. The first-order valence-electron chi connectivity index (χ1n) is 6.97.